The summed E-state index contributed by atoms with van der Waals surface area (Å²) < 4.78 is 42.7. The molecule has 7 heteroatoms. The number of hydrogen-bond acceptors (Lipinski definition) is 3. The van der Waals surface area contributed by atoms with Crippen LogP contribution >= 0.6 is 11.6 Å². The molecule has 0 fully saturated rings. The summed E-state index contributed by atoms with van der Waals surface area (Å²) in [6, 6.07) is 0.680. The Morgan fingerprint density at radius 1 is 1.62 bits per heavy atom. The van der Waals surface area contributed by atoms with Crippen LogP contribution in [0.1, 0.15) is 29.4 Å². The zero-order valence-corrected chi connectivity index (χ0v) is 8.89. The molecule has 0 spiro atoms. The first kappa shape index (κ1) is 12.8. The maximum atomic E-state index is 13.3. The third-order valence-electron chi connectivity index (χ3n) is 1.65. The number of esters is 1. The van der Waals surface area contributed by atoms with Gasteiger partial charge in [-0.05, 0) is 6.92 Å². The van der Waals surface area contributed by atoms with Crippen molar-refractivity contribution in [1.82, 2.24) is 4.98 Å². The Labute approximate surface area is 94.2 Å². The predicted molar refractivity (Wildman–Crippen MR) is 50.1 cm³/mol. The predicted octanol–water partition coefficient (Wildman–Crippen LogP) is 2.99. The normalized spacial score (nSPS) is 10.6. The van der Waals surface area contributed by atoms with Gasteiger partial charge in [0.1, 0.15) is 22.2 Å². The van der Waals surface area contributed by atoms with Gasteiger partial charge in [0.2, 0.25) is 0 Å². The van der Waals surface area contributed by atoms with E-state index in [4.69, 9.17) is 11.6 Å². The molecule has 0 atom stereocenters. The number of hydrogen-bond donors (Lipinski definition) is 0. The van der Waals surface area contributed by atoms with Gasteiger partial charge in [-0.2, -0.15) is 0 Å². The average Bonchev–Trinajstić information content (AvgIpc) is 2.16. The number of carbonyl (C=O) groups excluding carboxylic acids is 1. The van der Waals surface area contributed by atoms with E-state index in [0.717, 1.165) is 0 Å². The van der Waals surface area contributed by atoms with E-state index in [1.807, 2.05) is 0 Å². The molecule has 0 bridgehead atoms. The lowest BCUT2D eigenvalue weighted by Crippen LogP contribution is -2.13. The average molecular weight is 254 g/mol. The van der Waals surface area contributed by atoms with E-state index in [0.29, 0.717) is 6.07 Å². The summed E-state index contributed by atoms with van der Waals surface area (Å²) in [4.78, 5) is 14.4. The summed E-state index contributed by atoms with van der Waals surface area (Å²) in [7, 11) is 0. The minimum atomic E-state index is -3.10. The van der Waals surface area contributed by atoms with Crippen LogP contribution in [0.25, 0.3) is 0 Å². The summed E-state index contributed by atoms with van der Waals surface area (Å²) >= 11 is 5.31. The molecule has 88 valence electrons. The van der Waals surface area contributed by atoms with Gasteiger partial charge in [0, 0.05) is 6.07 Å². The van der Waals surface area contributed by atoms with Crippen molar-refractivity contribution < 1.29 is 22.7 Å². The third-order valence-corrected chi connectivity index (χ3v) is 1.85. The van der Waals surface area contributed by atoms with Crippen molar-refractivity contribution >= 4 is 17.6 Å². The molecule has 1 aromatic rings. The fourth-order valence-electron chi connectivity index (χ4n) is 1.07. The molecule has 0 aromatic carbocycles. The Kier molecular flexibility index (Phi) is 4.12. The van der Waals surface area contributed by atoms with Crippen LogP contribution in [0.5, 0.6) is 0 Å². The number of pyridine rings is 1. The number of halogens is 4. The smallest absolute Gasteiger partial charge is 0.343 e. The van der Waals surface area contributed by atoms with E-state index >= 15 is 0 Å². The minimum absolute atomic E-state index is 0.0520. The van der Waals surface area contributed by atoms with Crippen molar-refractivity contribution in [2.75, 3.05) is 6.61 Å². The molecule has 16 heavy (non-hydrogen) atoms. The molecule has 0 N–H and O–H groups in total. The summed E-state index contributed by atoms with van der Waals surface area (Å²) in [6.45, 7) is 1.42. The van der Waals surface area contributed by atoms with E-state index in [1.54, 1.807) is 0 Å². The van der Waals surface area contributed by atoms with E-state index in [2.05, 4.69) is 9.72 Å². The largest absolute Gasteiger partial charge is 0.462 e. The quantitative estimate of drug-likeness (QED) is 0.614. The van der Waals surface area contributed by atoms with Crippen LogP contribution in [-0.4, -0.2) is 17.6 Å². The van der Waals surface area contributed by atoms with Gasteiger partial charge < -0.3 is 4.74 Å². The number of rotatable bonds is 3. The standard InChI is InChI=1S/C9H7ClF3NO2/c1-2-16-9(15)6-4(11)3-5(10)14-7(6)8(12)13/h3,8H,2H2,1H3. The van der Waals surface area contributed by atoms with Crippen molar-refractivity contribution in [3.8, 4) is 0 Å². The van der Waals surface area contributed by atoms with Gasteiger partial charge in [-0.1, -0.05) is 11.6 Å². The first-order chi connectivity index (χ1) is 7.47. The fraction of sp³-hybridized carbons (Fsp3) is 0.333. The molecule has 0 aliphatic rings. The first-order valence-electron chi connectivity index (χ1n) is 4.28. The van der Waals surface area contributed by atoms with Gasteiger partial charge in [-0.15, -0.1) is 0 Å². The molecule has 0 radical (unpaired) electrons. The molecule has 1 aromatic heterocycles. The fourth-order valence-corrected chi connectivity index (χ4v) is 1.25. The van der Waals surface area contributed by atoms with E-state index < -0.39 is 34.6 Å². The number of alkyl halides is 2. The number of aromatic nitrogens is 1. The molecule has 3 nitrogen and oxygen atoms in total. The van der Waals surface area contributed by atoms with Crippen molar-refractivity contribution in [1.29, 1.82) is 0 Å². The molecule has 0 amide bonds. The van der Waals surface area contributed by atoms with Crippen LogP contribution in [0.4, 0.5) is 13.2 Å². The van der Waals surface area contributed by atoms with Crippen LogP contribution in [0.15, 0.2) is 6.07 Å². The highest BCUT2D eigenvalue weighted by atomic mass is 35.5. The maximum absolute atomic E-state index is 13.3. The van der Waals surface area contributed by atoms with Gasteiger partial charge in [-0.25, -0.2) is 22.9 Å². The van der Waals surface area contributed by atoms with Crippen molar-refractivity contribution in [3.05, 3.63) is 28.3 Å². The minimum Gasteiger partial charge on any atom is -0.462 e. The summed E-state index contributed by atoms with van der Waals surface area (Å²) in [5, 5.41) is -0.444. The topological polar surface area (TPSA) is 39.2 Å². The molecule has 0 aliphatic heterocycles. The summed E-state index contributed by atoms with van der Waals surface area (Å²) in [5.41, 5.74) is -1.88. The maximum Gasteiger partial charge on any atom is 0.343 e. The lowest BCUT2D eigenvalue weighted by Gasteiger charge is -2.08. The van der Waals surface area contributed by atoms with Crippen molar-refractivity contribution in [2.24, 2.45) is 0 Å². The van der Waals surface area contributed by atoms with E-state index in [1.165, 1.54) is 6.92 Å². The SMILES string of the molecule is CCOC(=O)c1c(F)cc(Cl)nc1C(F)F. The van der Waals surface area contributed by atoms with Gasteiger partial charge in [0.15, 0.2) is 0 Å². The molecular weight excluding hydrogens is 247 g/mol. The number of nitrogens with zero attached hydrogens (tertiary/aromatic N) is 1. The molecule has 1 rings (SSSR count). The Balaban J connectivity index is 3.29. The molecule has 0 saturated heterocycles. The second-order valence-corrected chi connectivity index (χ2v) is 3.10. The first-order valence-corrected chi connectivity index (χ1v) is 4.66. The zero-order chi connectivity index (χ0) is 12.3. The Hall–Kier alpha value is -1.30. The third kappa shape index (κ3) is 2.63. The molecule has 0 saturated carbocycles. The van der Waals surface area contributed by atoms with E-state index in [-0.39, 0.29) is 6.61 Å². The molecule has 0 unspecified atom stereocenters. The second kappa shape index (κ2) is 5.16. The van der Waals surface area contributed by atoms with Gasteiger partial charge >= 0.3 is 5.97 Å². The van der Waals surface area contributed by atoms with Crippen LogP contribution in [0.3, 0.4) is 0 Å². The lowest BCUT2D eigenvalue weighted by molar-refractivity contribution is 0.0507. The Morgan fingerprint density at radius 2 is 2.25 bits per heavy atom. The monoisotopic (exact) mass is 253 g/mol. The Morgan fingerprint density at radius 3 is 2.75 bits per heavy atom. The summed E-state index contributed by atoms with van der Waals surface area (Å²) in [6.07, 6.45) is -3.10. The molecule has 1 heterocycles. The zero-order valence-electron chi connectivity index (χ0n) is 8.14. The van der Waals surface area contributed by atoms with Crippen LogP contribution < -0.4 is 0 Å². The lowest BCUT2D eigenvalue weighted by atomic mass is 10.2. The highest BCUT2D eigenvalue weighted by Gasteiger charge is 2.26. The van der Waals surface area contributed by atoms with Crippen LogP contribution in [-0.2, 0) is 4.74 Å². The second-order valence-electron chi connectivity index (χ2n) is 2.71. The highest BCUT2D eigenvalue weighted by molar-refractivity contribution is 6.29. The Bertz CT molecular complexity index is 412. The van der Waals surface area contributed by atoms with Crippen LogP contribution in [0.2, 0.25) is 5.15 Å². The van der Waals surface area contributed by atoms with Crippen LogP contribution in [0, 0.1) is 5.82 Å². The van der Waals surface area contributed by atoms with Crippen molar-refractivity contribution in [2.45, 2.75) is 13.3 Å². The molecule has 0 aliphatic carbocycles. The van der Waals surface area contributed by atoms with Gasteiger partial charge in [0.25, 0.3) is 6.43 Å². The summed E-state index contributed by atoms with van der Waals surface area (Å²) in [5.74, 6) is -2.35. The van der Waals surface area contributed by atoms with Crippen molar-refractivity contribution in [3.63, 3.8) is 0 Å². The van der Waals surface area contributed by atoms with Gasteiger partial charge in [0.05, 0.1) is 6.61 Å². The van der Waals surface area contributed by atoms with E-state index in [9.17, 15) is 18.0 Å². The molecular formula is C9H7ClF3NO2. The van der Waals surface area contributed by atoms with Gasteiger partial charge in [-0.3, -0.25) is 0 Å². The number of carbonyl (C=O) groups is 1. The number of ether oxygens (including phenoxy) is 1. The highest BCUT2D eigenvalue weighted by Crippen LogP contribution is 2.26.